The Morgan fingerprint density at radius 3 is 2.36 bits per heavy atom. The maximum absolute atomic E-state index is 12.3. The van der Waals surface area contributed by atoms with Crippen LogP contribution >= 0.6 is 0 Å². The van der Waals surface area contributed by atoms with E-state index < -0.39 is 10.0 Å². The van der Waals surface area contributed by atoms with Gasteiger partial charge in [-0.3, -0.25) is 0 Å². The third-order valence-corrected chi connectivity index (χ3v) is 5.30. The first-order valence-corrected chi connectivity index (χ1v) is 9.52. The lowest BCUT2D eigenvalue weighted by Crippen LogP contribution is -2.26. The summed E-state index contributed by atoms with van der Waals surface area (Å²) in [5, 5.41) is 0. The molecule has 0 saturated carbocycles. The summed E-state index contributed by atoms with van der Waals surface area (Å²) in [5.74, 6) is 1.24. The molecular formula is C19H20N2O3S. The van der Waals surface area contributed by atoms with E-state index in [4.69, 9.17) is 4.42 Å². The van der Waals surface area contributed by atoms with E-state index in [2.05, 4.69) is 9.71 Å². The van der Waals surface area contributed by atoms with Gasteiger partial charge in [0.15, 0.2) is 5.89 Å². The minimum Gasteiger partial charge on any atom is -0.445 e. The van der Waals surface area contributed by atoms with Crippen LogP contribution in [0.1, 0.15) is 17.2 Å². The van der Waals surface area contributed by atoms with Gasteiger partial charge in [0.05, 0.1) is 4.90 Å². The second-order valence-corrected chi connectivity index (χ2v) is 7.60. The Bertz CT molecular complexity index is 946. The van der Waals surface area contributed by atoms with Crippen molar-refractivity contribution in [3.05, 3.63) is 71.8 Å². The molecule has 0 atom stereocenters. The SMILES string of the molecule is Cc1ccc(S(=O)(=O)NCCc2oc(C)nc2-c2ccccc2)cc1. The number of rotatable bonds is 6. The van der Waals surface area contributed by atoms with Crippen LogP contribution in [0.15, 0.2) is 63.9 Å². The first-order valence-electron chi connectivity index (χ1n) is 8.04. The minimum atomic E-state index is -3.53. The summed E-state index contributed by atoms with van der Waals surface area (Å²) in [6.45, 7) is 3.94. The van der Waals surface area contributed by atoms with Crippen LogP contribution in [0.25, 0.3) is 11.3 Å². The fraction of sp³-hybridized carbons (Fsp3) is 0.211. The van der Waals surface area contributed by atoms with Crippen LogP contribution in [0, 0.1) is 13.8 Å². The molecule has 130 valence electrons. The zero-order valence-electron chi connectivity index (χ0n) is 14.2. The van der Waals surface area contributed by atoms with E-state index in [1.54, 1.807) is 31.2 Å². The van der Waals surface area contributed by atoms with Crippen molar-refractivity contribution in [3.63, 3.8) is 0 Å². The molecule has 0 fully saturated rings. The molecule has 1 N–H and O–H groups in total. The Hall–Kier alpha value is -2.44. The second kappa shape index (κ2) is 7.21. The lowest BCUT2D eigenvalue weighted by molar-refractivity contribution is 0.473. The molecule has 0 unspecified atom stereocenters. The molecule has 3 rings (SSSR count). The van der Waals surface area contributed by atoms with Crippen molar-refractivity contribution in [3.8, 4) is 11.3 Å². The van der Waals surface area contributed by atoms with Crippen molar-refractivity contribution in [2.24, 2.45) is 0 Å². The molecule has 3 aromatic rings. The second-order valence-electron chi connectivity index (χ2n) is 5.83. The van der Waals surface area contributed by atoms with Crippen LogP contribution in [0.3, 0.4) is 0 Å². The molecular weight excluding hydrogens is 336 g/mol. The third-order valence-electron chi connectivity index (χ3n) is 3.83. The van der Waals surface area contributed by atoms with Gasteiger partial charge in [0.1, 0.15) is 11.5 Å². The molecule has 2 aromatic carbocycles. The van der Waals surface area contributed by atoms with Crippen LogP contribution in [0.5, 0.6) is 0 Å². The average Bonchev–Trinajstić information content (AvgIpc) is 2.96. The van der Waals surface area contributed by atoms with Crippen LogP contribution in [-0.4, -0.2) is 19.9 Å². The van der Waals surface area contributed by atoms with Gasteiger partial charge in [-0.2, -0.15) is 0 Å². The van der Waals surface area contributed by atoms with Crippen LogP contribution in [-0.2, 0) is 16.4 Å². The maximum Gasteiger partial charge on any atom is 0.240 e. The van der Waals surface area contributed by atoms with E-state index >= 15 is 0 Å². The molecule has 6 heteroatoms. The first-order chi connectivity index (χ1) is 12.0. The van der Waals surface area contributed by atoms with E-state index in [0.717, 1.165) is 16.8 Å². The van der Waals surface area contributed by atoms with Gasteiger partial charge in [0.25, 0.3) is 0 Å². The predicted octanol–water partition coefficient (Wildman–Crippen LogP) is 3.48. The number of nitrogens with zero attached hydrogens (tertiary/aromatic N) is 1. The van der Waals surface area contributed by atoms with Gasteiger partial charge in [-0.1, -0.05) is 48.0 Å². The number of sulfonamides is 1. The quantitative estimate of drug-likeness (QED) is 0.734. The summed E-state index contributed by atoms with van der Waals surface area (Å²) in [5.41, 5.74) is 2.73. The van der Waals surface area contributed by atoms with Crippen molar-refractivity contribution in [2.75, 3.05) is 6.54 Å². The van der Waals surface area contributed by atoms with E-state index in [1.165, 1.54) is 0 Å². The van der Waals surface area contributed by atoms with Crippen molar-refractivity contribution in [1.82, 2.24) is 9.71 Å². The molecule has 0 radical (unpaired) electrons. The highest BCUT2D eigenvalue weighted by molar-refractivity contribution is 7.89. The zero-order valence-corrected chi connectivity index (χ0v) is 15.0. The molecule has 0 amide bonds. The van der Waals surface area contributed by atoms with Gasteiger partial charge in [0.2, 0.25) is 10.0 Å². The van der Waals surface area contributed by atoms with Gasteiger partial charge in [0, 0.05) is 25.5 Å². The summed E-state index contributed by atoms with van der Waals surface area (Å²) in [4.78, 5) is 4.68. The normalized spacial score (nSPS) is 11.6. The lowest BCUT2D eigenvalue weighted by Gasteiger charge is -2.07. The Morgan fingerprint density at radius 2 is 1.68 bits per heavy atom. The molecule has 1 heterocycles. The molecule has 0 bridgehead atoms. The van der Waals surface area contributed by atoms with Crippen molar-refractivity contribution < 1.29 is 12.8 Å². The zero-order chi connectivity index (χ0) is 17.9. The standard InChI is InChI=1S/C19H20N2O3S/c1-14-8-10-17(11-9-14)25(22,23)20-13-12-18-19(21-15(2)24-18)16-6-4-3-5-7-16/h3-11,20H,12-13H2,1-2H3. The fourth-order valence-electron chi connectivity index (χ4n) is 2.56. The molecule has 5 nitrogen and oxygen atoms in total. The minimum absolute atomic E-state index is 0.241. The summed E-state index contributed by atoms with van der Waals surface area (Å²) >= 11 is 0. The molecule has 0 aliphatic heterocycles. The number of nitrogens with one attached hydrogen (secondary N) is 1. The molecule has 25 heavy (non-hydrogen) atoms. The Labute approximate surface area is 147 Å². The third kappa shape index (κ3) is 4.15. The van der Waals surface area contributed by atoms with E-state index in [0.29, 0.717) is 18.1 Å². The maximum atomic E-state index is 12.3. The largest absolute Gasteiger partial charge is 0.445 e. The molecule has 1 aromatic heterocycles. The summed E-state index contributed by atoms with van der Waals surface area (Å²) in [7, 11) is -3.53. The van der Waals surface area contributed by atoms with Gasteiger partial charge < -0.3 is 4.42 Å². The Morgan fingerprint density at radius 1 is 1.00 bits per heavy atom. The predicted molar refractivity (Wildman–Crippen MR) is 96.7 cm³/mol. The van der Waals surface area contributed by atoms with E-state index in [9.17, 15) is 8.42 Å². The highest BCUT2D eigenvalue weighted by atomic mass is 32.2. The first kappa shape index (κ1) is 17.4. The summed E-state index contributed by atoms with van der Waals surface area (Å²) in [6.07, 6.45) is 0.427. The number of hydrogen-bond acceptors (Lipinski definition) is 4. The monoisotopic (exact) mass is 356 g/mol. The Balaban J connectivity index is 1.71. The van der Waals surface area contributed by atoms with Crippen LogP contribution in [0.4, 0.5) is 0 Å². The molecule has 0 aliphatic carbocycles. The smallest absolute Gasteiger partial charge is 0.240 e. The average molecular weight is 356 g/mol. The van der Waals surface area contributed by atoms with Gasteiger partial charge >= 0.3 is 0 Å². The van der Waals surface area contributed by atoms with Gasteiger partial charge in [-0.05, 0) is 19.1 Å². The lowest BCUT2D eigenvalue weighted by atomic mass is 10.1. The summed E-state index contributed by atoms with van der Waals surface area (Å²) in [6, 6.07) is 16.5. The van der Waals surface area contributed by atoms with Gasteiger partial charge in [-0.15, -0.1) is 0 Å². The highest BCUT2D eigenvalue weighted by Gasteiger charge is 2.16. The topological polar surface area (TPSA) is 72.2 Å². The molecule has 0 spiro atoms. The van der Waals surface area contributed by atoms with Crippen molar-refractivity contribution in [2.45, 2.75) is 25.2 Å². The van der Waals surface area contributed by atoms with E-state index in [1.807, 2.05) is 37.3 Å². The van der Waals surface area contributed by atoms with Gasteiger partial charge in [-0.25, -0.2) is 18.1 Å². The highest BCUT2D eigenvalue weighted by Crippen LogP contribution is 2.24. The van der Waals surface area contributed by atoms with E-state index in [-0.39, 0.29) is 11.4 Å². The number of oxazole rings is 1. The number of aromatic nitrogens is 1. The van der Waals surface area contributed by atoms with Crippen molar-refractivity contribution >= 4 is 10.0 Å². The van der Waals surface area contributed by atoms with Crippen LogP contribution < -0.4 is 4.72 Å². The van der Waals surface area contributed by atoms with Crippen LogP contribution in [0.2, 0.25) is 0 Å². The Kier molecular flexibility index (Phi) is 5.01. The summed E-state index contributed by atoms with van der Waals surface area (Å²) < 4.78 is 32.9. The van der Waals surface area contributed by atoms with Crippen molar-refractivity contribution in [1.29, 1.82) is 0 Å². The molecule has 0 saturated heterocycles. The number of aryl methyl sites for hydroxylation is 2. The number of hydrogen-bond donors (Lipinski definition) is 1. The fourth-order valence-corrected chi connectivity index (χ4v) is 3.59. The molecule has 0 aliphatic rings. The number of benzene rings is 2.